The van der Waals surface area contributed by atoms with E-state index in [-0.39, 0.29) is 37.7 Å². The van der Waals surface area contributed by atoms with Gasteiger partial charge in [-0.25, -0.2) is 13.4 Å². The first-order chi connectivity index (χ1) is 16.2. The minimum atomic E-state index is -5.05. The molecular weight excluding hydrogens is 502 g/mol. The van der Waals surface area contributed by atoms with Crippen LogP contribution < -0.4 is 4.90 Å². The van der Waals surface area contributed by atoms with Crippen LogP contribution in [-0.4, -0.2) is 57.9 Å². The molecule has 2 aromatic heterocycles. The Morgan fingerprint density at radius 3 is 2.37 bits per heavy atom. The topological polar surface area (TPSA) is 84.2 Å². The monoisotopic (exact) mass is 524 g/mol. The van der Waals surface area contributed by atoms with E-state index in [1.165, 1.54) is 9.21 Å². The first-order valence-corrected chi connectivity index (χ1v) is 12.9. The molecule has 4 heterocycles. The highest BCUT2D eigenvalue weighted by atomic mass is 32.2. The summed E-state index contributed by atoms with van der Waals surface area (Å²) in [5.74, 6) is 0.499. The number of aromatic nitrogens is 4. The number of hydrogen-bond donors (Lipinski definition) is 0. The molecule has 0 amide bonds. The summed E-state index contributed by atoms with van der Waals surface area (Å²) in [6, 6.07) is -0.214. The van der Waals surface area contributed by atoms with Crippen molar-refractivity contribution in [2.75, 3.05) is 24.2 Å². The molecule has 5 rings (SSSR count). The minimum Gasteiger partial charge on any atom is -0.343 e. The second-order valence-electron chi connectivity index (χ2n) is 9.21. The van der Waals surface area contributed by atoms with Gasteiger partial charge in [-0.1, -0.05) is 0 Å². The van der Waals surface area contributed by atoms with Crippen molar-refractivity contribution in [1.82, 2.24) is 24.1 Å². The average molecular weight is 524 g/mol. The minimum absolute atomic E-state index is 0.0235. The van der Waals surface area contributed by atoms with E-state index in [2.05, 4.69) is 15.2 Å². The summed E-state index contributed by atoms with van der Waals surface area (Å²) in [7, 11) is -3.44. The lowest BCUT2D eigenvalue weighted by molar-refractivity contribution is -0.145. The number of halogens is 6. The van der Waals surface area contributed by atoms with E-state index in [4.69, 9.17) is 0 Å². The second-order valence-corrected chi connectivity index (χ2v) is 11.2. The van der Waals surface area contributed by atoms with Crippen LogP contribution in [0.2, 0.25) is 0 Å². The number of rotatable bonds is 3. The maximum Gasteiger partial charge on any atom is 0.433 e. The maximum absolute atomic E-state index is 13.5. The molecule has 0 aromatic carbocycles. The highest BCUT2D eigenvalue weighted by Gasteiger charge is 2.50. The normalized spacial score (nSPS) is 25.7. The van der Waals surface area contributed by atoms with E-state index in [0.29, 0.717) is 37.0 Å². The Morgan fingerprint density at radius 2 is 1.71 bits per heavy atom. The van der Waals surface area contributed by atoms with Crippen molar-refractivity contribution in [3.8, 4) is 0 Å². The van der Waals surface area contributed by atoms with Crippen LogP contribution in [0.25, 0.3) is 0 Å². The Bertz CT molecular complexity index is 1210. The predicted molar refractivity (Wildman–Crippen MR) is 111 cm³/mol. The van der Waals surface area contributed by atoms with Gasteiger partial charge in [0.05, 0.1) is 17.9 Å². The molecule has 1 saturated heterocycles. The number of sulfonamides is 1. The maximum atomic E-state index is 13.5. The molecule has 0 N–H and O–H groups in total. The van der Waals surface area contributed by atoms with Crippen LogP contribution in [0.5, 0.6) is 0 Å². The summed E-state index contributed by atoms with van der Waals surface area (Å²) in [5.41, 5.74) is -3.02. The molecule has 2 aliphatic heterocycles. The zero-order valence-corrected chi connectivity index (χ0v) is 19.3. The van der Waals surface area contributed by atoms with Crippen LogP contribution in [-0.2, 0) is 35.3 Å². The van der Waals surface area contributed by atoms with Gasteiger partial charge in [-0.2, -0.15) is 30.6 Å². The van der Waals surface area contributed by atoms with E-state index in [0.717, 1.165) is 12.7 Å². The molecule has 0 radical (unpaired) electrons. The van der Waals surface area contributed by atoms with Crippen LogP contribution >= 0.6 is 0 Å². The van der Waals surface area contributed by atoms with Crippen molar-refractivity contribution in [1.29, 1.82) is 0 Å². The standard InChI is InChI=1S/C20H22F6N6O2S/c1-35(33,34)30-5-4-15-28-29-18(31(15)7-6-30)17-11-2-3-13(8-11)32(17)16-10-12(19(21,22)23)9-14(27-16)20(24,25)26/h9-11,13,17H,2-8H2,1H3/t11-,13+,17-/m0/s1. The molecule has 2 fully saturated rings. The third-order valence-electron chi connectivity index (χ3n) is 7.03. The Balaban J connectivity index is 1.57. The molecule has 1 aliphatic carbocycles. The van der Waals surface area contributed by atoms with Crippen molar-refractivity contribution < 1.29 is 34.8 Å². The summed E-state index contributed by atoms with van der Waals surface area (Å²) >= 11 is 0. The van der Waals surface area contributed by atoms with E-state index < -0.39 is 45.5 Å². The van der Waals surface area contributed by atoms with Gasteiger partial charge in [-0.15, -0.1) is 10.2 Å². The van der Waals surface area contributed by atoms with Crippen LogP contribution in [0, 0.1) is 5.92 Å². The number of pyridine rings is 1. The van der Waals surface area contributed by atoms with Crippen molar-refractivity contribution in [3.63, 3.8) is 0 Å². The van der Waals surface area contributed by atoms with Gasteiger partial charge < -0.3 is 9.47 Å². The fraction of sp³-hybridized carbons (Fsp3) is 0.650. The Labute approximate surface area is 197 Å². The van der Waals surface area contributed by atoms with Gasteiger partial charge in [0.2, 0.25) is 10.0 Å². The third kappa shape index (κ3) is 4.36. The molecular formula is C20H22F6N6O2S. The second kappa shape index (κ2) is 8.05. The molecule has 2 aromatic rings. The fourth-order valence-corrected chi connectivity index (χ4v) is 6.32. The third-order valence-corrected chi connectivity index (χ3v) is 8.33. The highest BCUT2D eigenvalue weighted by molar-refractivity contribution is 7.88. The van der Waals surface area contributed by atoms with E-state index in [1.807, 2.05) is 0 Å². The van der Waals surface area contributed by atoms with Crippen LogP contribution in [0.4, 0.5) is 32.2 Å². The Hall–Kier alpha value is -2.42. The molecule has 0 unspecified atom stereocenters. The van der Waals surface area contributed by atoms with Gasteiger partial charge in [0.15, 0.2) is 5.82 Å². The van der Waals surface area contributed by atoms with E-state index in [1.54, 1.807) is 4.57 Å². The zero-order chi connectivity index (χ0) is 25.3. The van der Waals surface area contributed by atoms with Gasteiger partial charge in [-0.05, 0) is 37.3 Å². The first-order valence-electron chi connectivity index (χ1n) is 11.1. The molecule has 192 valence electrons. The van der Waals surface area contributed by atoms with E-state index >= 15 is 0 Å². The number of hydrogen-bond acceptors (Lipinski definition) is 6. The number of alkyl halides is 6. The molecule has 0 spiro atoms. The largest absolute Gasteiger partial charge is 0.433 e. The highest BCUT2D eigenvalue weighted by Crippen LogP contribution is 2.52. The van der Waals surface area contributed by atoms with Crippen molar-refractivity contribution in [3.05, 3.63) is 35.0 Å². The molecule has 1 saturated carbocycles. The van der Waals surface area contributed by atoms with Crippen LogP contribution in [0.3, 0.4) is 0 Å². The van der Waals surface area contributed by atoms with Gasteiger partial charge in [-0.3, -0.25) is 0 Å². The lowest BCUT2D eigenvalue weighted by Gasteiger charge is -2.36. The number of nitrogens with zero attached hydrogens (tertiary/aromatic N) is 6. The Kier molecular flexibility index (Phi) is 5.58. The Morgan fingerprint density at radius 1 is 0.971 bits per heavy atom. The number of fused-ring (bicyclic) bond motifs is 3. The SMILES string of the molecule is CS(=O)(=O)N1CCc2nnc([C@@H]3[C@H]4CC[C@H](C4)N3c3cc(C(F)(F)F)cc(C(F)(F)F)n3)n2CC1. The lowest BCUT2D eigenvalue weighted by Crippen LogP contribution is -2.38. The lowest BCUT2D eigenvalue weighted by atomic mass is 9.97. The molecule has 15 heteroatoms. The molecule has 3 atom stereocenters. The van der Waals surface area contributed by atoms with Gasteiger partial charge in [0, 0.05) is 32.1 Å². The van der Waals surface area contributed by atoms with Gasteiger partial charge in [0.25, 0.3) is 0 Å². The number of piperidine rings is 1. The number of anilines is 1. The molecule has 8 nitrogen and oxygen atoms in total. The van der Waals surface area contributed by atoms with Crippen molar-refractivity contribution >= 4 is 15.8 Å². The smallest absolute Gasteiger partial charge is 0.343 e. The first kappa shape index (κ1) is 24.3. The summed E-state index contributed by atoms with van der Waals surface area (Å²) in [5, 5.41) is 8.46. The summed E-state index contributed by atoms with van der Waals surface area (Å²) in [6.07, 6.45) is -6.69. The molecule has 35 heavy (non-hydrogen) atoms. The molecule has 3 aliphatic rings. The van der Waals surface area contributed by atoms with Crippen LogP contribution in [0.15, 0.2) is 12.1 Å². The summed E-state index contributed by atoms with van der Waals surface area (Å²) in [4.78, 5) is 5.13. The predicted octanol–water partition coefficient (Wildman–Crippen LogP) is 3.26. The van der Waals surface area contributed by atoms with Gasteiger partial charge in [0.1, 0.15) is 17.3 Å². The van der Waals surface area contributed by atoms with Crippen molar-refractivity contribution in [2.45, 2.75) is 56.7 Å². The average Bonchev–Trinajstić information content (AvgIpc) is 3.42. The fourth-order valence-electron chi connectivity index (χ4n) is 5.48. The summed E-state index contributed by atoms with van der Waals surface area (Å²) in [6.45, 7) is 0.607. The molecule has 2 bridgehead atoms. The van der Waals surface area contributed by atoms with Crippen molar-refractivity contribution in [2.24, 2.45) is 5.92 Å². The van der Waals surface area contributed by atoms with Gasteiger partial charge >= 0.3 is 12.4 Å². The van der Waals surface area contributed by atoms with E-state index in [9.17, 15) is 34.8 Å². The zero-order valence-electron chi connectivity index (χ0n) is 18.5. The van der Waals surface area contributed by atoms with Crippen LogP contribution in [0.1, 0.15) is 48.2 Å². The summed E-state index contributed by atoms with van der Waals surface area (Å²) < 4.78 is 108. The quantitative estimate of drug-likeness (QED) is 0.574.